The van der Waals surface area contributed by atoms with E-state index in [2.05, 4.69) is 27.8 Å². The minimum atomic E-state index is -0.476. The van der Waals surface area contributed by atoms with Gasteiger partial charge in [-0.15, -0.1) is 11.3 Å². The van der Waals surface area contributed by atoms with Crippen molar-refractivity contribution in [3.05, 3.63) is 81.3 Å². The lowest BCUT2D eigenvalue weighted by atomic mass is 10.0. The molecule has 1 amide bonds. The van der Waals surface area contributed by atoms with Crippen LogP contribution in [0.4, 0.5) is 5.69 Å². The number of aliphatic hydroxyl groups excluding tert-OH is 1. The molecule has 0 saturated carbocycles. The van der Waals surface area contributed by atoms with E-state index in [4.69, 9.17) is 0 Å². The van der Waals surface area contributed by atoms with Crippen LogP contribution in [-0.4, -0.2) is 28.1 Å². The topological polar surface area (TPSA) is 74.2 Å². The third-order valence-corrected chi connectivity index (χ3v) is 7.69. The van der Waals surface area contributed by atoms with Gasteiger partial charge in [0.1, 0.15) is 0 Å². The summed E-state index contributed by atoms with van der Waals surface area (Å²) in [6, 6.07) is 18.5. The van der Waals surface area contributed by atoms with Gasteiger partial charge in [-0.2, -0.15) is 0 Å². The van der Waals surface area contributed by atoms with Crippen molar-refractivity contribution in [2.24, 2.45) is 0 Å². The maximum absolute atomic E-state index is 12.8. The first-order chi connectivity index (χ1) is 15.6. The fourth-order valence-electron chi connectivity index (χ4n) is 4.98. The highest BCUT2D eigenvalue weighted by Gasteiger charge is 2.32. The number of nitrogens with one attached hydrogen (secondary N) is 2. The van der Waals surface area contributed by atoms with Gasteiger partial charge in [0.25, 0.3) is 0 Å². The Morgan fingerprint density at radius 1 is 1.16 bits per heavy atom. The Kier molecular flexibility index (Phi) is 6.09. The summed E-state index contributed by atoms with van der Waals surface area (Å²) in [5.41, 5.74) is 4.00. The standard InChI is InChI=1S/C26H29N3O2S/c1-16-27-24-21(12-14-23(24)32-16)26(31)29-19-9-7-17(8-10-19)15-20-11-13-22(28-20)25(30)18-5-3-2-4-6-18/h2-10,20-22,25,28,30H,11-15H2,1H3,(H,29,31)/t20-,21?,22+,25+/m0/s1. The zero-order chi connectivity index (χ0) is 22.1. The number of carbonyl (C=O) groups is 1. The number of aromatic nitrogens is 1. The lowest BCUT2D eigenvalue weighted by molar-refractivity contribution is -0.117. The Morgan fingerprint density at radius 3 is 2.72 bits per heavy atom. The molecule has 0 spiro atoms. The van der Waals surface area contributed by atoms with Crippen molar-refractivity contribution in [1.29, 1.82) is 0 Å². The SMILES string of the molecule is Cc1nc2c(s1)CCC2C(=O)Nc1ccc(C[C@@H]2CC[C@H]([C@H](O)c3ccccc3)N2)cc1. The minimum absolute atomic E-state index is 0.0389. The van der Waals surface area contributed by atoms with E-state index in [1.165, 1.54) is 10.4 Å². The van der Waals surface area contributed by atoms with Gasteiger partial charge >= 0.3 is 0 Å². The molecule has 1 fully saturated rings. The highest BCUT2D eigenvalue weighted by Crippen LogP contribution is 2.37. The lowest BCUT2D eigenvalue weighted by Gasteiger charge is -2.20. The Labute approximate surface area is 192 Å². The van der Waals surface area contributed by atoms with E-state index in [-0.39, 0.29) is 17.9 Å². The normalized spacial score (nSPS) is 23.1. The molecule has 1 aromatic heterocycles. The summed E-state index contributed by atoms with van der Waals surface area (Å²) in [6.07, 6.45) is 4.25. The van der Waals surface area contributed by atoms with E-state index in [9.17, 15) is 9.90 Å². The number of hydrogen-bond donors (Lipinski definition) is 3. The van der Waals surface area contributed by atoms with Gasteiger partial charge in [-0.05, 0) is 62.3 Å². The van der Waals surface area contributed by atoms with Crippen LogP contribution >= 0.6 is 11.3 Å². The molecule has 4 atom stereocenters. The number of benzene rings is 2. The van der Waals surface area contributed by atoms with Gasteiger partial charge in [-0.25, -0.2) is 4.98 Å². The van der Waals surface area contributed by atoms with Crippen LogP contribution in [0.5, 0.6) is 0 Å². The lowest BCUT2D eigenvalue weighted by Crippen LogP contribution is -2.35. The molecule has 0 radical (unpaired) electrons. The van der Waals surface area contributed by atoms with Gasteiger partial charge in [0, 0.05) is 22.6 Å². The van der Waals surface area contributed by atoms with Crippen LogP contribution in [0.25, 0.3) is 0 Å². The van der Waals surface area contributed by atoms with Crippen LogP contribution in [-0.2, 0) is 17.6 Å². The Morgan fingerprint density at radius 2 is 1.94 bits per heavy atom. The summed E-state index contributed by atoms with van der Waals surface area (Å²) in [4.78, 5) is 18.6. The van der Waals surface area contributed by atoms with Crippen LogP contribution in [0.3, 0.4) is 0 Å². The number of rotatable bonds is 6. The first-order valence-corrected chi connectivity index (χ1v) is 12.2. The highest BCUT2D eigenvalue weighted by atomic mass is 32.1. The number of carbonyl (C=O) groups excluding carboxylic acids is 1. The summed E-state index contributed by atoms with van der Waals surface area (Å²) in [5.74, 6) is -0.0951. The van der Waals surface area contributed by atoms with Crippen molar-refractivity contribution in [2.45, 2.75) is 63.1 Å². The number of amides is 1. The van der Waals surface area contributed by atoms with Crippen molar-refractivity contribution in [3.63, 3.8) is 0 Å². The molecule has 5 nitrogen and oxygen atoms in total. The molecule has 5 rings (SSSR count). The molecule has 2 aromatic carbocycles. The average molecular weight is 448 g/mol. The first kappa shape index (κ1) is 21.3. The fourth-order valence-corrected chi connectivity index (χ4v) is 6.00. The van der Waals surface area contributed by atoms with Crippen molar-refractivity contribution >= 4 is 22.9 Å². The molecule has 2 heterocycles. The third-order valence-electron chi connectivity index (χ3n) is 6.64. The number of anilines is 1. The summed E-state index contributed by atoms with van der Waals surface area (Å²) in [5, 5.41) is 18.4. The predicted octanol–water partition coefficient (Wildman–Crippen LogP) is 4.52. The predicted molar refractivity (Wildman–Crippen MR) is 128 cm³/mol. The zero-order valence-electron chi connectivity index (χ0n) is 18.3. The summed E-state index contributed by atoms with van der Waals surface area (Å²) in [6.45, 7) is 2.00. The van der Waals surface area contributed by atoms with E-state index in [1.54, 1.807) is 11.3 Å². The molecular weight excluding hydrogens is 418 g/mol. The van der Waals surface area contributed by atoms with Crippen molar-refractivity contribution in [3.8, 4) is 0 Å². The van der Waals surface area contributed by atoms with Gasteiger partial charge in [0.2, 0.25) is 5.91 Å². The number of hydrogen-bond acceptors (Lipinski definition) is 5. The van der Waals surface area contributed by atoms with Gasteiger partial charge in [-0.3, -0.25) is 4.79 Å². The molecule has 0 bridgehead atoms. The van der Waals surface area contributed by atoms with Gasteiger partial charge in [-0.1, -0.05) is 42.5 Å². The Balaban J connectivity index is 1.15. The molecule has 3 N–H and O–H groups in total. The fraction of sp³-hybridized carbons (Fsp3) is 0.385. The second-order valence-corrected chi connectivity index (χ2v) is 10.2. The van der Waals surface area contributed by atoms with Gasteiger partial charge in [0.15, 0.2) is 0 Å². The number of thiazole rings is 1. The molecule has 3 aromatic rings. The molecule has 1 aliphatic heterocycles. The van der Waals surface area contributed by atoms with E-state index < -0.39 is 6.10 Å². The minimum Gasteiger partial charge on any atom is -0.387 e. The maximum Gasteiger partial charge on any atom is 0.233 e. The molecule has 2 aliphatic rings. The number of nitrogens with zero attached hydrogens (tertiary/aromatic N) is 1. The van der Waals surface area contributed by atoms with Gasteiger partial charge in [0.05, 0.1) is 22.7 Å². The van der Waals surface area contributed by atoms with Crippen molar-refractivity contribution in [1.82, 2.24) is 10.3 Å². The van der Waals surface area contributed by atoms with E-state index >= 15 is 0 Å². The molecule has 6 heteroatoms. The second kappa shape index (κ2) is 9.14. The average Bonchev–Trinajstić information content (AvgIpc) is 3.51. The third kappa shape index (κ3) is 4.49. The summed E-state index contributed by atoms with van der Waals surface area (Å²) in [7, 11) is 0. The van der Waals surface area contributed by atoms with Gasteiger partial charge < -0.3 is 15.7 Å². The summed E-state index contributed by atoms with van der Waals surface area (Å²) >= 11 is 1.71. The van der Waals surface area contributed by atoms with E-state index in [0.717, 1.165) is 54.1 Å². The maximum atomic E-state index is 12.8. The number of fused-ring (bicyclic) bond motifs is 1. The van der Waals surface area contributed by atoms with Crippen LogP contribution in [0.1, 0.15) is 58.0 Å². The van der Waals surface area contributed by atoms with Crippen LogP contribution < -0.4 is 10.6 Å². The molecule has 166 valence electrons. The smallest absolute Gasteiger partial charge is 0.233 e. The largest absolute Gasteiger partial charge is 0.387 e. The molecule has 1 aliphatic carbocycles. The molecule has 1 unspecified atom stereocenters. The van der Waals surface area contributed by atoms with Crippen LogP contribution in [0, 0.1) is 6.92 Å². The zero-order valence-corrected chi connectivity index (χ0v) is 19.1. The van der Waals surface area contributed by atoms with E-state index in [1.807, 2.05) is 49.4 Å². The Hall–Kier alpha value is -2.54. The highest BCUT2D eigenvalue weighted by molar-refractivity contribution is 7.11. The second-order valence-electron chi connectivity index (χ2n) is 8.93. The first-order valence-electron chi connectivity index (χ1n) is 11.4. The molecule has 1 saturated heterocycles. The Bertz CT molecular complexity index is 1080. The van der Waals surface area contributed by atoms with Crippen molar-refractivity contribution < 1.29 is 9.90 Å². The monoisotopic (exact) mass is 447 g/mol. The van der Waals surface area contributed by atoms with Crippen LogP contribution in [0.2, 0.25) is 0 Å². The quantitative estimate of drug-likeness (QED) is 0.520. The van der Waals surface area contributed by atoms with Crippen LogP contribution in [0.15, 0.2) is 54.6 Å². The van der Waals surface area contributed by atoms with Crippen molar-refractivity contribution in [2.75, 3.05) is 5.32 Å². The molecule has 32 heavy (non-hydrogen) atoms. The summed E-state index contributed by atoms with van der Waals surface area (Å²) < 4.78 is 0. The number of aryl methyl sites for hydroxylation is 2. The van der Waals surface area contributed by atoms with E-state index in [0.29, 0.717) is 6.04 Å². The molecular formula is C26H29N3O2S. The number of aliphatic hydroxyl groups is 1.